The predicted octanol–water partition coefficient (Wildman–Crippen LogP) is 1.83. The van der Waals surface area contributed by atoms with Gasteiger partial charge in [0.05, 0.1) is 5.69 Å². The van der Waals surface area contributed by atoms with Gasteiger partial charge in [0.15, 0.2) is 5.41 Å². The number of hydrogen-bond acceptors (Lipinski definition) is 3. The summed E-state index contributed by atoms with van der Waals surface area (Å²) in [5.74, 6) is -1.98. The first kappa shape index (κ1) is 13.8. The zero-order valence-corrected chi connectivity index (χ0v) is 11.3. The van der Waals surface area contributed by atoms with Gasteiger partial charge in [0.25, 0.3) is 0 Å². The van der Waals surface area contributed by atoms with E-state index in [1.54, 1.807) is 25.1 Å². The standard InChI is InChI=1S/C13H14ClNO4/c1-3-13(12(18)19)10(16)9-7(14)5-4-6-8(9)15(2)11(13)17/h4-6,10,16H,3H2,1-2H3,(H,18,19). The van der Waals surface area contributed by atoms with E-state index in [0.717, 1.165) is 0 Å². The summed E-state index contributed by atoms with van der Waals surface area (Å²) in [5, 5.41) is 20.1. The second-order valence-corrected chi connectivity index (χ2v) is 4.98. The van der Waals surface area contributed by atoms with Crippen molar-refractivity contribution >= 4 is 29.2 Å². The second-order valence-electron chi connectivity index (χ2n) is 4.57. The van der Waals surface area contributed by atoms with E-state index in [9.17, 15) is 19.8 Å². The Bertz CT molecular complexity index is 560. The van der Waals surface area contributed by atoms with Crippen molar-refractivity contribution in [3.05, 3.63) is 28.8 Å². The maximum atomic E-state index is 12.3. The molecular formula is C13H14ClNO4. The largest absolute Gasteiger partial charge is 0.480 e. The van der Waals surface area contributed by atoms with Crippen molar-refractivity contribution in [3.63, 3.8) is 0 Å². The third-order valence-corrected chi connectivity index (χ3v) is 4.09. The molecule has 0 fully saturated rings. The molecule has 1 aliphatic rings. The van der Waals surface area contributed by atoms with E-state index in [4.69, 9.17) is 11.6 Å². The molecule has 1 heterocycles. The summed E-state index contributed by atoms with van der Waals surface area (Å²) in [5.41, 5.74) is -1.15. The van der Waals surface area contributed by atoms with Gasteiger partial charge in [0.1, 0.15) is 6.10 Å². The first-order chi connectivity index (χ1) is 8.87. The molecule has 0 bridgehead atoms. The molecule has 0 spiro atoms. The van der Waals surface area contributed by atoms with Crippen LogP contribution in [0.15, 0.2) is 18.2 Å². The lowest BCUT2D eigenvalue weighted by Crippen LogP contribution is -2.54. The van der Waals surface area contributed by atoms with Gasteiger partial charge < -0.3 is 15.1 Å². The van der Waals surface area contributed by atoms with E-state index in [2.05, 4.69) is 0 Å². The first-order valence-electron chi connectivity index (χ1n) is 5.86. The van der Waals surface area contributed by atoms with Crippen molar-refractivity contribution in [3.8, 4) is 0 Å². The Balaban J connectivity index is 2.75. The number of carboxylic acid groups (broad SMARTS) is 1. The van der Waals surface area contributed by atoms with Gasteiger partial charge in [-0.15, -0.1) is 0 Å². The summed E-state index contributed by atoms with van der Waals surface area (Å²) in [7, 11) is 1.48. The molecule has 0 aliphatic carbocycles. The maximum absolute atomic E-state index is 12.3. The Morgan fingerprint density at radius 2 is 2.16 bits per heavy atom. The fourth-order valence-corrected chi connectivity index (χ4v) is 2.84. The summed E-state index contributed by atoms with van der Waals surface area (Å²) in [4.78, 5) is 25.1. The molecule has 2 N–H and O–H groups in total. The number of carbonyl (C=O) groups excluding carboxylic acids is 1. The van der Waals surface area contributed by atoms with Gasteiger partial charge in [-0.25, -0.2) is 0 Å². The average Bonchev–Trinajstić information content (AvgIpc) is 2.36. The van der Waals surface area contributed by atoms with Crippen LogP contribution in [0, 0.1) is 5.41 Å². The molecule has 2 unspecified atom stereocenters. The Kier molecular flexibility index (Phi) is 3.28. The maximum Gasteiger partial charge on any atom is 0.322 e. The van der Waals surface area contributed by atoms with Crippen LogP contribution in [0.25, 0.3) is 0 Å². The molecule has 1 aliphatic heterocycles. The zero-order valence-electron chi connectivity index (χ0n) is 10.6. The molecule has 2 atom stereocenters. The van der Waals surface area contributed by atoms with Gasteiger partial charge in [-0.3, -0.25) is 9.59 Å². The summed E-state index contributed by atoms with van der Waals surface area (Å²) in [6.45, 7) is 1.56. The van der Waals surface area contributed by atoms with Gasteiger partial charge in [-0.05, 0) is 18.6 Å². The van der Waals surface area contributed by atoms with Crippen molar-refractivity contribution in [1.82, 2.24) is 0 Å². The number of carboxylic acids is 1. The van der Waals surface area contributed by atoms with E-state index in [1.165, 1.54) is 11.9 Å². The molecule has 1 aromatic rings. The van der Waals surface area contributed by atoms with Crippen LogP contribution in [-0.2, 0) is 9.59 Å². The van der Waals surface area contributed by atoms with Crippen molar-refractivity contribution in [2.45, 2.75) is 19.4 Å². The van der Waals surface area contributed by atoms with Gasteiger partial charge in [-0.1, -0.05) is 24.6 Å². The molecule has 0 radical (unpaired) electrons. The second kappa shape index (κ2) is 4.51. The Morgan fingerprint density at radius 3 is 2.68 bits per heavy atom. The van der Waals surface area contributed by atoms with E-state index < -0.39 is 23.4 Å². The highest BCUT2D eigenvalue weighted by Crippen LogP contribution is 2.49. The molecular weight excluding hydrogens is 270 g/mol. The van der Waals surface area contributed by atoms with E-state index in [1.807, 2.05) is 0 Å². The van der Waals surface area contributed by atoms with Crippen LogP contribution < -0.4 is 4.90 Å². The molecule has 0 saturated heterocycles. The van der Waals surface area contributed by atoms with Crippen molar-refractivity contribution < 1.29 is 19.8 Å². The van der Waals surface area contributed by atoms with Crippen LogP contribution in [0.1, 0.15) is 25.0 Å². The third-order valence-electron chi connectivity index (χ3n) is 3.76. The number of carbonyl (C=O) groups is 2. The van der Waals surface area contributed by atoms with Gasteiger partial charge in [0.2, 0.25) is 5.91 Å². The first-order valence-corrected chi connectivity index (χ1v) is 6.23. The molecule has 1 amide bonds. The lowest BCUT2D eigenvalue weighted by molar-refractivity contribution is -0.164. The predicted molar refractivity (Wildman–Crippen MR) is 70.2 cm³/mol. The summed E-state index contributed by atoms with van der Waals surface area (Å²) in [6, 6.07) is 4.84. The van der Waals surface area contributed by atoms with Crippen LogP contribution in [0.5, 0.6) is 0 Å². The fourth-order valence-electron chi connectivity index (χ4n) is 2.57. The third kappa shape index (κ3) is 1.65. The van der Waals surface area contributed by atoms with E-state index >= 15 is 0 Å². The summed E-state index contributed by atoms with van der Waals surface area (Å²) < 4.78 is 0. The van der Waals surface area contributed by atoms with E-state index in [0.29, 0.717) is 5.69 Å². The molecule has 5 nitrogen and oxygen atoms in total. The minimum Gasteiger partial charge on any atom is -0.480 e. The van der Waals surface area contributed by atoms with Gasteiger partial charge >= 0.3 is 5.97 Å². The normalized spacial score (nSPS) is 26.2. The average molecular weight is 284 g/mol. The highest BCUT2D eigenvalue weighted by Gasteiger charge is 2.57. The minimum absolute atomic E-state index is 0.0165. The number of benzene rings is 1. The molecule has 0 aromatic heterocycles. The Hall–Kier alpha value is -1.59. The number of rotatable bonds is 2. The number of anilines is 1. The van der Waals surface area contributed by atoms with Crippen LogP contribution in [0.2, 0.25) is 5.02 Å². The molecule has 19 heavy (non-hydrogen) atoms. The smallest absolute Gasteiger partial charge is 0.322 e. The van der Waals surface area contributed by atoms with Crippen molar-refractivity contribution in [2.24, 2.45) is 5.41 Å². The van der Waals surface area contributed by atoms with Gasteiger partial charge in [0, 0.05) is 17.6 Å². The highest BCUT2D eigenvalue weighted by molar-refractivity contribution is 6.32. The number of hydrogen-bond donors (Lipinski definition) is 2. The molecule has 102 valence electrons. The van der Waals surface area contributed by atoms with E-state index in [-0.39, 0.29) is 17.0 Å². The monoisotopic (exact) mass is 283 g/mol. The van der Waals surface area contributed by atoms with Gasteiger partial charge in [-0.2, -0.15) is 0 Å². The summed E-state index contributed by atoms with van der Waals surface area (Å²) in [6.07, 6.45) is -1.47. The number of aliphatic hydroxyl groups is 1. The summed E-state index contributed by atoms with van der Waals surface area (Å²) >= 11 is 6.05. The van der Waals surface area contributed by atoms with Crippen LogP contribution in [-0.4, -0.2) is 29.1 Å². The number of aliphatic hydroxyl groups excluding tert-OH is 1. The lowest BCUT2D eigenvalue weighted by atomic mass is 9.72. The van der Waals surface area contributed by atoms with Crippen LogP contribution >= 0.6 is 11.6 Å². The molecule has 2 rings (SSSR count). The zero-order chi connectivity index (χ0) is 14.4. The Morgan fingerprint density at radius 1 is 1.53 bits per heavy atom. The number of amides is 1. The number of fused-ring (bicyclic) bond motifs is 1. The number of aliphatic carboxylic acids is 1. The Labute approximate surface area is 115 Å². The minimum atomic E-state index is -1.88. The highest BCUT2D eigenvalue weighted by atomic mass is 35.5. The lowest BCUT2D eigenvalue weighted by Gasteiger charge is -2.41. The number of nitrogens with zero attached hydrogens (tertiary/aromatic N) is 1. The van der Waals surface area contributed by atoms with Crippen molar-refractivity contribution in [1.29, 1.82) is 0 Å². The fraction of sp³-hybridized carbons (Fsp3) is 0.385. The molecule has 6 heteroatoms. The van der Waals surface area contributed by atoms with Crippen LogP contribution in [0.3, 0.4) is 0 Å². The number of halogens is 1. The quantitative estimate of drug-likeness (QED) is 0.812. The van der Waals surface area contributed by atoms with Crippen LogP contribution in [0.4, 0.5) is 5.69 Å². The van der Waals surface area contributed by atoms with Crippen molar-refractivity contribution in [2.75, 3.05) is 11.9 Å². The molecule has 1 aromatic carbocycles. The molecule has 0 saturated carbocycles. The SMILES string of the molecule is CCC1(C(=O)O)C(=O)N(C)c2cccc(Cl)c2C1O. The topological polar surface area (TPSA) is 77.8 Å².